The summed E-state index contributed by atoms with van der Waals surface area (Å²) in [5, 5.41) is 6.80. The molecule has 0 aliphatic rings. The number of aromatic nitrogens is 2. The molecular formula is C18H14F3N3O2. The minimum absolute atomic E-state index is 0.352. The van der Waals surface area contributed by atoms with Crippen molar-refractivity contribution in [2.75, 3.05) is 5.32 Å². The van der Waals surface area contributed by atoms with E-state index < -0.39 is 6.36 Å². The summed E-state index contributed by atoms with van der Waals surface area (Å²) in [5.74, 6) is -0.730. The van der Waals surface area contributed by atoms with Crippen LogP contribution >= 0.6 is 0 Å². The number of amides is 1. The van der Waals surface area contributed by atoms with Crippen LogP contribution in [0.3, 0.4) is 0 Å². The Hall–Kier alpha value is -3.29. The number of ether oxygens (including phenoxy) is 1. The molecule has 0 atom stereocenters. The second kappa shape index (κ2) is 6.91. The highest BCUT2D eigenvalue weighted by molar-refractivity contribution is 6.04. The quantitative estimate of drug-likeness (QED) is 0.752. The number of hydrogen-bond acceptors (Lipinski definition) is 3. The molecule has 0 unspecified atom stereocenters. The Bertz CT molecular complexity index is 901. The summed E-state index contributed by atoms with van der Waals surface area (Å²) in [6.07, 6.45) is -1.16. The molecule has 134 valence electrons. The lowest BCUT2D eigenvalue weighted by atomic mass is 10.2. The topological polar surface area (TPSA) is 56.2 Å². The molecule has 0 saturated carbocycles. The number of alkyl halides is 3. The first-order valence-electron chi connectivity index (χ1n) is 7.59. The molecule has 26 heavy (non-hydrogen) atoms. The molecule has 8 heteroatoms. The molecule has 0 fully saturated rings. The number of anilines is 1. The molecule has 1 heterocycles. The van der Waals surface area contributed by atoms with Gasteiger partial charge in [-0.3, -0.25) is 4.79 Å². The van der Waals surface area contributed by atoms with E-state index in [4.69, 9.17) is 0 Å². The Labute approximate surface area is 147 Å². The van der Waals surface area contributed by atoms with Crippen LogP contribution in [0.2, 0.25) is 0 Å². The molecule has 3 aromatic rings. The predicted molar refractivity (Wildman–Crippen MR) is 89.4 cm³/mol. The maximum atomic E-state index is 12.2. The SMILES string of the molecule is Cc1cnn(-c2ccc(C(=O)Nc3ccc(OC(F)(F)F)cc3)cc2)c1. The zero-order valence-corrected chi connectivity index (χ0v) is 13.6. The van der Waals surface area contributed by atoms with Crippen molar-refractivity contribution >= 4 is 11.6 Å². The largest absolute Gasteiger partial charge is 0.573 e. The summed E-state index contributed by atoms with van der Waals surface area (Å²) in [4.78, 5) is 12.2. The molecule has 0 aliphatic heterocycles. The summed E-state index contributed by atoms with van der Waals surface area (Å²) in [6.45, 7) is 1.93. The lowest BCUT2D eigenvalue weighted by molar-refractivity contribution is -0.274. The summed E-state index contributed by atoms with van der Waals surface area (Å²) in [6, 6.07) is 11.7. The van der Waals surface area contributed by atoms with Crippen molar-refractivity contribution in [1.29, 1.82) is 0 Å². The van der Waals surface area contributed by atoms with Gasteiger partial charge in [0.2, 0.25) is 0 Å². The second-order valence-electron chi connectivity index (χ2n) is 5.54. The van der Waals surface area contributed by atoms with Crippen LogP contribution < -0.4 is 10.1 Å². The normalized spacial score (nSPS) is 11.2. The minimum Gasteiger partial charge on any atom is -0.406 e. The molecular weight excluding hydrogens is 347 g/mol. The van der Waals surface area contributed by atoms with Gasteiger partial charge in [0, 0.05) is 17.4 Å². The number of benzene rings is 2. The van der Waals surface area contributed by atoms with Gasteiger partial charge in [0.1, 0.15) is 5.75 Å². The number of nitrogens with one attached hydrogen (secondary N) is 1. The van der Waals surface area contributed by atoms with Crippen LogP contribution in [-0.4, -0.2) is 22.1 Å². The van der Waals surface area contributed by atoms with Crippen molar-refractivity contribution < 1.29 is 22.7 Å². The van der Waals surface area contributed by atoms with Crippen molar-refractivity contribution in [1.82, 2.24) is 9.78 Å². The molecule has 3 rings (SSSR count). The standard InChI is InChI=1S/C18H14F3N3O2/c1-12-10-22-24(11-12)15-6-2-13(3-7-15)17(25)23-14-4-8-16(9-5-14)26-18(19,20)21/h2-11H,1H3,(H,23,25). The Kier molecular flexibility index (Phi) is 4.66. The molecule has 0 aliphatic carbocycles. The van der Waals surface area contributed by atoms with E-state index in [0.29, 0.717) is 11.3 Å². The molecule has 0 radical (unpaired) electrons. The van der Waals surface area contributed by atoms with Crippen molar-refractivity contribution in [2.45, 2.75) is 13.3 Å². The van der Waals surface area contributed by atoms with E-state index in [0.717, 1.165) is 23.4 Å². The molecule has 0 bridgehead atoms. The van der Waals surface area contributed by atoms with Crippen LogP contribution in [0.15, 0.2) is 60.9 Å². The van der Waals surface area contributed by atoms with E-state index in [-0.39, 0.29) is 11.7 Å². The summed E-state index contributed by atoms with van der Waals surface area (Å²) >= 11 is 0. The van der Waals surface area contributed by atoms with Crippen LogP contribution in [0.5, 0.6) is 5.75 Å². The molecule has 0 spiro atoms. The predicted octanol–water partition coefficient (Wildman–Crippen LogP) is 4.33. The lowest BCUT2D eigenvalue weighted by Gasteiger charge is -2.10. The number of carbonyl (C=O) groups excluding carboxylic acids is 1. The number of nitrogens with zero attached hydrogens (tertiary/aromatic N) is 2. The number of halogens is 3. The van der Waals surface area contributed by atoms with Gasteiger partial charge in [-0.25, -0.2) is 4.68 Å². The zero-order valence-electron chi connectivity index (χ0n) is 13.6. The summed E-state index contributed by atoms with van der Waals surface area (Å²) in [7, 11) is 0. The first-order valence-corrected chi connectivity index (χ1v) is 7.59. The number of aryl methyl sites for hydroxylation is 1. The van der Waals surface area contributed by atoms with Crippen LogP contribution in [0.4, 0.5) is 18.9 Å². The Morgan fingerprint density at radius 3 is 2.27 bits per heavy atom. The Morgan fingerprint density at radius 1 is 1.08 bits per heavy atom. The Balaban J connectivity index is 1.66. The van der Waals surface area contributed by atoms with Gasteiger partial charge in [-0.05, 0) is 61.0 Å². The lowest BCUT2D eigenvalue weighted by Crippen LogP contribution is -2.17. The Morgan fingerprint density at radius 2 is 1.73 bits per heavy atom. The molecule has 0 saturated heterocycles. The molecule has 2 aromatic carbocycles. The van der Waals surface area contributed by atoms with Gasteiger partial charge >= 0.3 is 6.36 Å². The van der Waals surface area contributed by atoms with Crippen LogP contribution in [0.1, 0.15) is 15.9 Å². The smallest absolute Gasteiger partial charge is 0.406 e. The average Bonchev–Trinajstić information content (AvgIpc) is 3.02. The first kappa shape index (κ1) is 17.5. The summed E-state index contributed by atoms with van der Waals surface area (Å²) < 4.78 is 41.9. The van der Waals surface area contributed by atoms with Crippen molar-refractivity contribution in [3.8, 4) is 11.4 Å². The van der Waals surface area contributed by atoms with Gasteiger partial charge in [-0.15, -0.1) is 13.2 Å². The van der Waals surface area contributed by atoms with Crippen molar-refractivity contribution in [2.24, 2.45) is 0 Å². The van der Waals surface area contributed by atoms with E-state index in [9.17, 15) is 18.0 Å². The minimum atomic E-state index is -4.75. The van der Waals surface area contributed by atoms with Gasteiger partial charge in [0.15, 0.2) is 0 Å². The fourth-order valence-corrected chi connectivity index (χ4v) is 2.26. The fourth-order valence-electron chi connectivity index (χ4n) is 2.26. The second-order valence-corrected chi connectivity index (χ2v) is 5.54. The first-order chi connectivity index (χ1) is 12.3. The maximum Gasteiger partial charge on any atom is 0.573 e. The van der Waals surface area contributed by atoms with Crippen LogP contribution in [0.25, 0.3) is 5.69 Å². The van der Waals surface area contributed by atoms with E-state index in [1.54, 1.807) is 35.1 Å². The number of carbonyl (C=O) groups is 1. The number of hydrogen-bond donors (Lipinski definition) is 1. The van der Waals surface area contributed by atoms with E-state index in [1.807, 2.05) is 13.1 Å². The average molecular weight is 361 g/mol. The monoisotopic (exact) mass is 361 g/mol. The van der Waals surface area contributed by atoms with Gasteiger partial charge in [-0.2, -0.15) is 5.10 Å². The van der Waals surface area contributed by atoms with Gasteiger partial charge in [0.25, 0.3) is 5.91 Å². The molecule has 1 aromatic heterocycles. The third-order valence-corrected chi connectivity index (χ3v) is 3.45. The molecule has 5 nitrogen and oxygen atoms in total. The highest BCUT2D eigenvalue weighted by Gasteiger charge is 2.30. The zero-order chi connectivity index (χ0) is 18.7. The summed E-state index contributed by atoms with van der Waals surface area (Å²) in [5.41, 5.74) is 2.60. The molecule has 1 amide bonds. The van der Waals surface area contributed by atoms with Gasteiger partial charge in [-0.1, -0.05) is 0 Å². The van der Waals surface area contributed by atoms with Crippen LogP contribution in [-0.2, 0) is 0 Å². The van der Waals surface area contributed by atoms with Crippen molar-refractivity contribution in [3.63, 3.8) is 0 Å². The third-order valence-electron chi connectivity index (χ3n) is 3.45. The van der Waals surface area contributed by atoms with Crippen molar-refractivity contribution in [3.05, 3.63) is 72.1 Å². The highest BCUT2D eigenvalue weighted by Crippen LogP contribution is 2.24. The van der Waals surface area contributed by atoms with E-state index in [2.05, 4.69) is 15.2 Å². The third kappa shape index (κ3) is 4.41. The van der Waals surface area contributed by atoms with E-state index >= 15 is 0 Å². The van der Waals surface area contributed by atoms with Crippen LogP contribution in [0, 0.1) is 6.92 Å². The highest BCUT2D eigenvalue weighted by atomic mass is 19.4. The fraction of sp³-hybridized carbons (Fsp3) is 0.111. The van der Waals surface area contributed by atoms with E-state index in [1.165, 1.54) is 12.1 Å². The van der Waals surface area contributed by atoms with Gasteiger partial charge < -0.3 is 10.1 Å². The maximum absolute atomic E-state index is 12.2. The molecule has 1 N–H and O–H groups in total. The van der Waals surface area contributed by atoms with Gasteiger partial charge in [0.05, 0.1) is 11.9 Å². The number of rotatable bonds is 4.